The Bertz CT molecular complexity index is 678. The third-order valence-corrected chi connectivity index (χ3v) is 3.52. The van der Waals surface area contributed by atoms with Gasteiger partial charge in [0.25, 0.3) is 0 Å². The van der Waals surface area contributed by atoms with Crippen molar-refractivity contribution in [2.75, 3.05) is 6.61 Å². The predicted molar refractivity (Wildman–Crippen MR) is 70.7 cm³/mol. The van der Waals surface area contributed by atoms with Crippen molar-refractivity contribution in [1.29, 1.82) is 0 Å². The fourth-order valence-corrected chi connectivity index (χ4v) is 1.75. The van der Waals surface area contributed by atoms with Crippen molar-refractivity contribution in [1.82, 2.24) is 0 Å². The molecule has 0 spiro atoms. The summed E-state index contributed by atoms with van der Waals surface area (Å²) in [4.78, 5) is 11.0. The number of halogens is 15. The van der Waals surface area contributed by atoms with Crippen molar-refractivity contribution in [3.05, 3.63) is 12.2 Å². The van der Waals surface area contributed by atoms with Gasteiger partial charge in [-0.3, -0.25) is 4.79 Å². The third-order valence-electron chi connectivity index (χ3n) is 3.52. The van der Waals surface area contributed by atoms with E-state index < -0.39 is 67.1 Å². The maximum atomic E-state index is 13.4. The predicted octanol–water partition coefficient (Wildman–Crippen LogP) is 6.26. The molecule has 0 N–H and O–H groups in total. The second kappa shape index (κ2) is 8.26. The largest absolute Gasteiger partial charge is 0.465 e. The molecule has 0 fully saturated rings. The summed E-state index contributed by atoms with van der Waals surface area (Å²) in [6.07, 6.45) is -11.0. The van der Waals surface area contributed by atoms with E-state index in [0.29, 0.717) is 0 Å². The highest BCUT2D eigenvalue weighted by molar-refractivity contribution is 5.72. The van der Waals surface area contributed by atoms with Gasteiger partial charge in [0.2, 0.25) is 0 Å². The lowest BCUT2D eigenvalue weighted by molar-refractivity contribution is -0.452. The Hall–Kier alpha value is -1.84. The van der Waals surface area contributed by atoms with Gasteiger partial charge in [-0.15, -0.1) is 0 Å². The average Bonchev–Trinajstić information content (AvgIpc) is 2.51. The SMILES string of the molecule is C=C(C)CC(=O)OCCC(F)(F)C(F)(F)C(F)(F)C(F)(F)C(F)(F)C(F)(F)C(F)(F)F. The van der Waals surface area contributed by atoms with Gasteiger partial charge >= 0.3 is 47.7 Å². The summed E-state index contributed by atoms with van der Waals surface area (Å²) in [5.41, 5.74) is 0.0427. The lowest BCUT2D eigenvalue weighted by Crippen LogP contribution is -2.72. The van der Waals surface area contributed by atoms with Crippen LogP contribution in [0.4, 0.5) is 65.9 Å². The van der Waals surface area contributed by atoms with Crippen LogP contribution in [0.25, 0.3) is 0 Å². The van der Waals surface area contributed by atoms with Crippen molar-refractivity contribution in [3.63, 3.8) is 0 Å². The molecule has 0 aromatic carbocycles. The summed E-state index contributed by atoms with van der Waals surface area (Å²) < 4.78 is 198. The molecule has 0 aliphatic carbocycles. The molecule has 0 rings (SSSR count). The first-order valence-electron chi connectivity index (χ1n) is 7.45. The molecule has 0 atom stereocenters. The first kappa shape index (κ1) is 29.2. The summed E-state index contributed by atoms with van der Waals surface area (Å²) >= 11 is 0. The molecule has 0 saturated carbocycles. The highest BCUT2D eigenvalue weighted by Gasteiger charge is 2.93. The van der Waals surface area contributed by atoms with Crippen LogP contribution in [0.1, 0.15) is 19.8 Å². The monoisotopic (exact) mass is 496 g/mol. The fourth-order valence-electron chi connectivity index (χ4n) is 1.75. The van der Waals surface area contributed by atoms with E-state index in [9.17, 15) is 70.7 Å². The highest BCUT2D eigenvalue weighted by atomic mass is 19.4. The van der Waals surface area contributed by atoms with E-state index in [1.807, 2.05) is 0 Å². The average molecular weight is 496 g/mol. The second-order valence-electron chi connectivity index (χ2n) is 6.18. The van der Waals surface area contributed by atoms with E-state index in [2.05, 4.69) is 11.3 Å². The first-order valence-corrected chi connectivity index (χ1v) is 7.45. The zero-order valence-electron chi connectivity index (χ0n) is 14.8. The van der Waals surface area contributed by atoms with Crippen LogP contribution < -0.4 is 0 Å². The molecule has 0 bridgehead atoms. The Kier molecular flexibility index (Phi) is 7.77. The minimum Gasteiger partial charge on any atom is -0.465 e. The van der Waals surface area contributed by atoms with E-state index in [1.165, 1.54) is 6.92 Å². The molecule has 0 heterocycles. The molecule has 17 heteroatoms. The van der Waals surface area contributed by atoms with Crippen LogP contribution in [-0.2, 0) is 9.53 Å². The van der Waals surface area contributed by atoms with Gasteiger partial charge in [0, 0.05) is 0 Å². The van der Waals surface area contributed by atoms with E-state index in [0.717, 1.165) is 0 Å². The van der Waals surface area contributed by atoms with Crippen molar-refractivity contribution >= 4 is 5.97 Å². The Balaban J connectivity index is 5.98. The fraction of sp³-hybridized carbons (Fsp3) is 0.786. The number of esters is 1. The molecule has 0 amide bonds. The summed E-state index contributed by atoms with van der Waals surface area (Å²) in [5, 5.41) is 0. The Labute approximate surface area is 163 Å². The first-order chi connectivity index (χ1) is 13.3. The quantitative estimate of drug-likeness (QED) is 0.203. The maximum Gasteiger partial charge on any atom is 0.460 e. The van der Waals surface area contributed by atoms with Gasteiger partial charge < -0.3 is 4.74 Å². The van der Waals surface area contributed by atoms with Crippen LogP contribution in [0.5, 0.6) is 0 Å². The van der Waals surface area contributed by atoms with Crippen LogP contribution in [0, 0.1) is 0 Å². The summed E-state index contributed by atoms with van der Waals surface area (Å²) in [5.74, 6) is -48.2. The van der Waals surface area contributed by atoms with Crippen LogP contribution in [0.3, 0.4) is 0 Å². The van der Waals surface area contributed by atoms with Gasteiger partial charge in [-0.1, -0.05) is 12.2 Å². The number of rotatable bonds is 10. The smallest absolute Gasteiger partial charge is 0.460 e. The van der Waals surface area contributed by atoms with Gasteiger partial charge in [0.05, 0.1) is 19.4 Å². The summed E-state index contributed by atoms with van der Waals surface area (Å²) in [6, 6.07) is 0. The zero-order valence-corrected chi connectivity index (χ0v) is 14.8. The van der Waals surface area contributed by atoms with Crippen LogP contribution >= 0.6 is 0 Å². The van der Waals surface area contributed by atoms with Crippen LogP contribution in [0.2, 0.25) is 0 Å². The van der Waals surface area contributed by atoms with Gasteiger partial charge in [-0.05, 0) is 6.92 Å². The minimum atomic E-state index is -8.33. The number of hydrogen-bond donors (Lipinski definition) is 0. The second-order valence-corrected chi connectivity index (χ2v) is 6.18. The van der Waals surface area contributed by atoms with E-state index in [1.54, 1.807) is 0 Å². The zero-order chi connectivity index (χ0) is 25.5. The summed E-state index contributed by atoms with van der Waals surface area (Å²) in [6.45, 7) is 2.48. The van der Waals surface area contributed by atoms with Gasteiger partial charge in [0.1, 0.15) is 0 Å². The van der Waals surface area contributed by atoms with Crippen LogP contribution in [0.15, 0.2) is 12.2 Å². The number of carbonyl (C=O) groups is 1. The van der Waals surface area contributed by atoms with Crippen molar-refractivity contribution < 1.29 is 75.4 Å². The van der Waals surface area contributed by atoms with Crippen molar-refractivity contribution in [2.24, 2.45) is 0 Å². The lowest BCUT2D eigenvalue weighted by atomic mass is 9.90. The van der Waals surface area contributed by atoms with Gasteiger partial charge in [-0.25, -0.2) is 0 Å². The number of carbonyl (C=O) groups excluding carboxylic acids is 1. The third kappa shape index (κ3) is 4.83. The topological polar surface area (TPSA) is 26.3 Å². The molecule has 0 aliphatic rings. The van der Waals surface area contributed by atoms with Crippen LogP contribution in [-0.4, -0.2) is 54.3 Å². The molecule has 0 aromatic rings. The molecule has 184 valence electrons. The molecule has 0 aliphatic heterocycles. The molecule has 0 unspecified atom stereocenters. The summed E-state index contributed by atoms with van der Waals surface area (Å²) in [7, 11) is 0. The Morgan fingerprint density at radius 1 is 0.677 bits per heavy atom. The molecule has 31 heavy (non-hydrogen) atoms. The molecular weight excluding hydrogens is 485 g/mol. The molecule has 0 saturated heterocycles. The standard InChI is InChI=1S/C14H11F15O2/c1-6(2)5-7(30)31-4-3-8(15,16)9(17,18)10(19,20)11(21,22)12(23,24)13(25,26)14(27,28)29/h1,3-5H2,2H3. The van der Waals surface area contributed by atoms with E-state index in [-0.39, 0.29) is 5.57 Å². The van der Waals surface area contributed by atoms with Crippen molar-refractivity contribution in [2.45, 2.75) is 61.5 Å². The van der Waals surface area contributed by atoms with E-state index in [4.69, 9.17) is 0 Å². The number of ether oxygens (including phenoxy) is 1. The maximum absolute atomic E-state index is 13.4. The normalized spacial score (nSPS) is 15.1. The molecule has 0 radical (unpaired) electrons. The minimum absolute atomic E-state index is 0.0427. The number of hydrogen-bond acceptors (Lipinski definition) is 2. The highest BCUT2D eigenvalue weighted by Crippen LogP contribution is 2.62. The Morgan fingerprint density at radius 2 is 1.03 bits per heavy atom. The van der Waals surface area contributed by atoms with E-state index >= 15 is 0 Å². The Morgan fingerprint density at radius 3 is 1.39 bits per heavy atom. The van der Waals surface area contributed by atoms with Gasteiger partial charge in [0.15, 0.2) is 0 Å². The molecular formula is C14H11F15O2. The molecule has 0 aromatic heterocycles. The number of alkyl halides is 15. The molecule has 2 nitrogen and oxygen atoms in total. The van der Waals surface area contributed by atoms with Crippen molar-refractivity contribution in [3.8, 4) is 0 Å². The van der Waals surface area contributed by atoms with Gasteiger partial charge in [-0.2, -0.15) is 65.9 Å². The lowest BCUT2D eigenvalue weighted by Gasteiger charge is -2.41.